The van der Waals surface area contributed by atoms with Crippen LogP contribution in [0.5, 0.6) is 0 Å². The highest BCUT2D eigenvalue weighted by molar-refractivity contribution is 7.13. The Morgan fingerprint density at radius 3 is 2.87 bits per heavy atom. The molecule has 0 bridgehead atoms. The number of hydrogen-bond acceptors (Lipinski definition) is 4. The first-order chi connectivity index (χ1) is 7.40. The van der Waals surface area contributed by atoms with Gasteiger partial charge in [-0.25, -0.2) is 4.98 Å². The number of anilines is 1. The molecule has 84 valence electrons. The topological polar surface area (TPSA) is 42.1 Å². The van der Waals surface area contributed by atoms with E-state index in [1.165, 1.54) is 43.2 Å². The first kappa shape index (κ1) is 10.9. The molecule has 15 heavy (non-hydrogen) atoms. The van der Waals surface area contributed by atoms with Crippen LogP contribution in [-0.2, 0) is 6.42 Å². The lowest BCUT2D eigenvalue weighted by atomic mass is 10.1. The first-order valence-electron chi connectivity index (χ1n) is 5.79. The number of nitrogens with zero attached hydrogens (tertiary/aromatic N) is 2. The molecule has 3 nitrogen and oxygen atoms in total. The molecule has 0 atom stereocenters. The molecular formula is C11H19N3S. The normalized spacial score (nSPS) is 17.0. The van der Waals surface area contributed by atoms with Crippen molar-refractivity contribution >= 4 is 16.5 Å². The van der Waals surface area contributed by atoms with Crippen LogP contribution >= 0.6 is 11.3 Å². The van der Waals surface area contributed by atoms with E-state index in [0.29, 0.717) is 0 Å². The van der Waals surface area contributed by atoms with E-state index in [-0.39, 0.29) is 0 Å². The van der Waals surface area contributed by atoms with Crippen LogP contribution in [0.2, 0.25) is 0 Å². The van der Waals surface area contributed by atoms with Gasteiger partial charge < -0.3 is 10.6 Å². The van der Waals surface area contributed by atoms with Gasteiger partial charge in [0.2, 0.25) is 0 Å². The monoisotopic (exact) mass is 225 g/mol. The second-order valence-electron chi connectivity index (χ2n) is 4.06. The van der Waals surface area contributed by atoms with Gasteiger partial charge in [-0.3, -0.25) is 0 Å². The zero-order valence-corrected chi connectivity index (χ0v) is 9.93. The summed E-state index contributed by atoms with van der Waals surface area (Å²) < 4.78 is 0. The number of hydrogen-bond donors (Lipinski definition) is 1. The van der Waals surface area contributed by atoms with Crippen LogP contribution in [0.1, 0.15) is 31.4 Å². The van der Waals surface area contributed by atoms with E-state index in [9.17, 15) is 0 Å². The van der Waals surface area contributed by atoms with Crippen LogP contribution in [0.4, 0.5) is 5.13 Å². The summed E-state index contributed by atoms with van der Waals surface area (Å²) in [5.41, 5.74) is 6.71. The number of piperidine rings is 1. The van der Waals surface area contributed by atoms with Crippen molar-refractivity contribution in [3.8, 4) is 0 Å². The van der Waals surface area contributed by atoms with Crippen LogP contribution in [0.15, 0.2) is 5.38 Å². The third kappa shape index (κ3) is 2.92. The van der Waals surface area contributed by atoms with Gasteiger partial charge in [0.05, 0.1) is 5.69 Å². The molecule has 1 fully saturated rings. The van der Waals surface area contributed by atoms with Crippen molar-refractivity contribution in [1.82, 2.24) is 4.98 Å². The number of aryl methyl sites for hydroxylation is 1. The minimum absolute atomic E-state index is 0.760. The molecule has 1 saturated heterocycles. The lowest BCUT2D eigenvalue weighted by Gasteiger charge is -2.25. The highest BCUT2D eigenvalue weighted by Crippen LogP contribution is 2.24. The highest BCUT2D eigenvalue weighted by Gasteiger charge is 2.13. The third-order valence-corrected chi connectivity index (χ3v) is 3.75. The van der Waals surface area contributed by atoms with E-state index in [4.69, 9.17) is 5.73 Å². The maximum absolute atomic E-state index is 5.49. The van der Waals surface area contributed by atoms with Crippen molar-refractivity contribution in [2.75, 3.05) is 24.5 Å². The minimum atomic E-state index is 0.760. The molecule has 1 aliphatic rings. The molecular weight excluding hydrogens is 206 g/mol. The van der Waals surface area contributed by atoms with E-state index < -0.39 is 0 Å². The molecule has 0 aliphatic carbocycles. The molecule has 0 unspecified atom stereocenters. The van der Waals surface area contributed by atoms with Crippen LogP contribution in [-0.4, -0.2) is 24.6 Å². The van der Waals surface area contributed by atoms with E-state index >= 15 is 0 Å². The molecule has 2 rings (SSSR count). The molecule has 0 aromatic carbocycles. The van der Waals surface area contributed by atoms with Gasteiger partial charge in [0.15, 0.2) is 5.13 Å². The lowest BCUT2D eigenvalue weighted by Crippen LogP contribution is -2.29. The number of nitrogens with two attached hydrogens (primary N) is 1. The first-order valence-corrected chi connectivity index (χ1v) is 6.67. The summed E-state index contributed by atoms with van der Waals surface area (Å²) in [6.07, 6.45) is 6.08. The smallest absolute Gasteiger partial charge is 0.185 e. The standard InChI is InChI=1S/C11H19N3S/c12-6-4-5-10-9-15-11(13-10)14-7-2-1-3-8-14/h9H,1-8,12H2. The average Bonchev–Trinajstić information content (AvgIpc) is 2.76. The number of aromatic nitrogens is 1. The SMILES string of the molecule is NCCCc1csc(N2CCCCC2)n1. The maximum Gasteiger partial charge on any atom is 0.185 e. The molecule has 0 saturated carbocycles. The fourth-order valence-corrected chi connectivity index (χ4v) is 2.84. The van der Waals surface area contributed by atoms with Crippen molar-refractivity contribution < 1.29 is 0 Å². The Morgan fingerprint density at radius 1 is 1.33 bits per heavy atom. The zero-order chi connectivity index (χ0) is 10.5. The molecule has 1 aromatic heterocycles. The fourth-order valence-electron chi connectivity index (χ4n) is 1.92. The summed E-state index contributed by atoms with van der Waals surface area (Å²) in [4.78, 5) is 7.08. The molecule has 1 aliphatic heterocycles. The van der Waals surface area contributed by atoms with Crippen molar-refractivity contribution in [2.24, 2.45) is 5.73 Å². The van der Waals surface area contributed by atoms with Gasteiger partial charge in [-0.2, -0.15) is 0 Å². The maximum atomic E-state index is 5.49. The van der Waals surface area contributed by atoms with Gasteiger partial charge in [0.25, 0.3) is 0 Å². The molecule has 0 spiro atoms. The molecule has 2 heterocycles. The van der Waals surface area contributed by atoms with Gasteiger partial charge in [-0.15, -0.1) is 11.3 Å². The average molecular weight is 225 g/mol. The molecule has 1 aromatic rings. The van der Waals surface area contributed by atoms with E-state index in [1.54, 1.807) is 11.3 Å². The van der Waals surface area contributed by atoms with Crippen molar-refractivity contribution in [3.05, 3.63) is 11.1 Å². The minimum Gasteiger partial charge on any atom is -0.348 e. The third-order valence-electron chi connectivity index (χ3n) is 2.80. The van der Waals surface area contributed by atoms with Crippen molar-refractivity contribution in [3.63, 3.8) is 0 Å². The summed E-state index contributed by atoms with van der Waals surface area (Å²) >= 11 is 1.78. The Kier molecular flexibility index (Phi) is 3.97. The quantitative estimate of drug-likeness (QED) is 0.852. The van der Waals surface area contributed by atoms with Crippen LogP contribution < -0.4 is 10.6 Å². The van der Waals surface area contributed by atoms with Crippen LogP contribution in [0.3, 0.4) is 0 Å². The number of rotatable bonds is 4. The Balaban J connectivity index is 1.93. The molecule has 0 radical (unpaired) electrons. The summed E-state index contributed by atoms with van der Waals surface area (Å²) in [5.74, 6) is 0. The second-order valence-corrected chi connectivity index (χ2v) is 4.90. The van der Waals surface area contributed by atoms with Crippen molar-refractivity contribution in [1.29, 1.82) is 0 Å². The Morgan fingerprint density at radius 2 is 2.13 bits per heavy atom. The largest absolute Gasteiger partial charge is 0.348 e. The number of thiazole rings is 1. The molecule has 2 N–H and O–H groups in total. The summed E-state index contributed by atoms with van der Waals surface area (Å²) in [7, 11) is 0. The van der Waals surface area contributed by atoms with Gasteiger partial charge in [0.1, 0.15) is 0 Å². The van der Waals surface area contributed by atoms with Gasteiger partial charge in [-0.05, 0) is 38.6 Å². The summed E-state index contributed by atoms with van der Waals surface area (Å²) in [6, 6.07) is 0. The predicted molar refractivity (Wildman–Crippen MR) is 65.6 cm³/mol. The van der Waals surface area contributed by atoms with E-state index in [1.807, 2.05) is 0 Å². The highest BCUT2D eigenvalue weighted by atomic mass is 32.1. The van der Waals surface area contributed by atoms with Gasteiger partial charge in [-0.1, -0.05) is 0 Å². The van der Waals surface area contributed by atoms with Crippen LogP contribution in [0.25, 0.3) is 0 Å². The molecule has 4 heteroatoms. The Bertz CT molecular complexity index is 292. The molecule has 0 amide bonds. The van der Waals surface area contributed by atoms with Gasteiger partial charge >= 0.3 is 0 Å². The van der Waals surface area contributed by atoms with E-state index in [2.05, 4.69) is 15.3 Å². The zero-order valence-electron chi connectivity index (χ0n) is 9.11. The second kappa shape index (κ2) is 5.47. The Hall–Kier alpha value is -0.610. The summed E-state index contributed by atoms with van der Waals surface area (Å²) in [6.45, 7) is 3.13. The van der Waals surface area contributed by atoms with Crippen molar-refractivity contribution in [2.45, 2.75) is 32.1 Å². The summed E-state index contributed by atoms with van der Waals surface area (Å²) in [5, 5.41) is 3.39. The predicted octanol–water partition coefficient (Wildman–Crippen LogP) is 2.02. The van der Waals surface area contributed by atoms with Gasteiger partial charge in [0, 0.05) is 18.5 Å². The van der Waals surface area contributed by atoms with E-state index in [0.717, 1.165) is 19.4 Å². The Labute approximate surface area is 95.3 Å². The van der Waals surface area contributed by atoms with Crippen LogP contribution in [0, 0.1) is 0 Å². The lowest BCUT2D eigenvalue weighted by molar-refractivity contribution is 0.576. The fraction of sp³-hybridized carbons (Fsp3) is 0.727.